The monoisotopic (exact) mass is 305 g/mol. The molecule has 0 aromatic rings. The summed E-state index contributed by atoms with van der Waals surface area (Å²) in [5.41, 5.74) is 5.93. The summed E-state index contributed by atoms with van der Waals surface area (Å²) in [6.45, 7) is 11.6. The number of hydrogen-bond acceptors (Lipinski definition) is 3. The zero-order valence-corrected chi connectivity index (χ0v) is 14.2. The van der Waals surface area contributed by atoms with Crippen molar-refractivity contribution >= 4 is 18.3 Å². The molecule has 1 heterocycles. The van der Waals surface area contributed by atoms with Gasteiger partial charge in [-0.15, -0.1) is 12.4 Å². The van der Waals surface area contributed by atoms with Gasteiger partial charge in [0.15, 0.2) is 0 Å². The Morgan fingerprint density at radius 3 is 2.65 bits per heavy atom. The van der Waals surface area contributed by atoms with Crippen LogP contribution in [-0.4, -0.2) is 42.5 Å². The molecule has 1 rings (SSSR count). The first kappa shape index (κ1) is 19.7. The maximum Gasteiger partial charge on any atom is 0.237 e. The fourth-order valence-electron chi connectivity index (χ4n) is 2.63. The standard InChI is InChI=1S/C15H31N3O.ClH/c1-5-12(3)14(16)15(19)17-9-13(4)18-8-6-7-11(2)10-18;/h11-14H,5-10,16H2,1-4H3,(H,17,19);1H. The second-order valence-electron chi connectivity index (χ2n) is 6.25. The average molecular weight is 306 g/mol. The minimum atomic E-state index is -0.377. The van der Waals surface area contributed by atoms with E-state index in [2.05, 4.69) is 31.0 Å². The van der Waals surface area contributed by atoms with E-state index in [0.29, 0.717) is 12.6 Å². The quantitative estimate of drug-likeness (QED) is 0.789. The van der Waals surface area contributed by atoms with Crippen LogP contribution in [0.15, 0.2) is 0 Å². The highest BCUT2D eigenvalue weighted by molar-refractivity contribution is 5.85. The van der Waals surface area contributed by atoms with Crippen LogP contribution in [0, 0.1) is 11.8 Å². The number of amides is 1. The fraction of sp³-hybridized carbons (Fsp3) is 0.933. The minimum Gasteiger partial charge on any atom is -0.353 e. The highest BCUT2D eigenvalue weighted by atomic mass is 35.5. The van der Waals surface area contributed by atoms with E-state index in [0.717, 1.165) is 25.4 Å². The maximum absolute atomic E-state index is 11.9. The van der Waals surface area contributed by atoms with Gasteiger partial charge in [-0.2, -0.15) is 0 Å². The van der Waals surface area contributed by atoms with E-state index >= 15 is 0 Å². The Morgan fingerprint density at radius 1 is 1.45 bits per heavy atom. The number of nitrogens with two attached hydrogens (primary N) is 1. The smallest absolute Gasteiger partial charge is 0.237 e. The van der Waals surface area contributed by atoms with Gasteiger partial charge in [0.25, 0.3) is 0 Å². The van der Waals surface area contributed by atoms with Crippen LogP contribution in [0.5, 0.6) is 0 Å². The summed E-state index contributed by atoms with van der Waals surface area (Å²) < 4.78 is 0. The zero-order valence-electron chi connectivity index (χ0n) is 13.4. The van der Waals surface area contributed by atoms with Crippen molar-refractivity contribution in [1.29, 1.82) is 0 Å². The summed E-state index contributed by atoms with van der Waals surface area (Å²) in [5, 5.41) is 3.00. The predicted octanol–water partition coefficient (Wildman–Crippen LogP) is 2.02. The molecule has 0 radical (unpaired) electrons. The molecular formula is C15H32ClN3O. The molecule has 0 bridgehead atoms. The van der Waals surface area contributed by atoms with Gasteiger partial charge >= 0.3 is 0 Å². The number of nitrogens with zero attached hydrogens (tertiary/aromatic N) is 1. The van der Waals surface area contributed by atoms with Gasteiger partial charge in [-0.1, -0.05) is 27.2 Å². The molecule has 3 N–H and O–H groups in total. The first-order chi connectivity index (χ1) is 8.95. The molecular weight excluding hydrogens is 274 g/mol. The van der Waals surface area contributed by atoms with Gasteiger partial charge in [-0.3, -0.25) is 9.69 Å². The molecule has 1 amide bonds. The van der Waals surface area contributed by atoms with Crippen molar-refractivity contribution in [2.75, 3.05) is 19.6 Å². The molecule has 20 heavy (non-hydrogen) atoms. The molecule has 0 aromatic carbocycles. The number of nitrogens with one attached hydrogen (secondary N) is 1. The van der Waals surface area contributed by atoms with Gasteiger partial charge in [-0.25, -0.2) is 0 Å². The predicted molar refractivity (Wildman–Crippen MR) is 87.1 cm³/mol. The Balaban J connectivity index is 0.00000361. The average Bonchev–Trinajstić information content (AvgIpc) is 2.42. The third-order valence-electron chi connectivity index (χ3n) is 4.44. The molecule has 1 saturated heterocycles. The van der Waals surface area contributed by atoms with Crippen LogP contribution in [0.3, 0.4) is 0 Å². The van der Waals surface area contributed by atoms with E-state index in [1.807, 2.05) is 6.92 Å². The lowest BCUT2D eigenvalue weighted by atomic mass is 9.98. The first-order valence-corrected chi connectivity index (χ1v) is 7.73. The Hall–Kier alpha value is -0.320. The van der Waals surface area contributed by atoms with Gasteiger partial charge in [0.1, 0.15) is 0 Å². The summed E-state index contributed by atoms with van der Waals surface area (Å²) >= 11 is 0. The second kappa shape index (κ2) is 9.59. The number of carbonyl (C=O) groups excluding carboxylic acids is 1. The molecule has 1 aliphatic rings. The number of rotatable bonds is 6. The Labute approximate surface area is 130 Å². The van der Waals surface area contributed by atoms with Crippen LogP contribution in [0.4, 0.5) is 0 Å². The van der Waals surface area contributed by atoms with Crippen molar-refractivity contribution in [2.24, 2.45) is 17.6 Å². The molecule has 4 unspecified atom stereocenters. The first-order valence-electron chi connectivity index (χ1n) is 7.73. The SMILES string of the molecule is CCC(C)C(N)C(=O)NCC(C)N1CCCC(C)C1.Cl. The lowest BCUT2D eigenvalue weighted by molar-refractivity contribution is -0.123. The maximum atomic E-state index is 11.9. The van der Waals surface area contributed by atoms with Crippen LogP contribution >= 0.6 is 12.4 Å². The summed E-state index contributed by atoms with van der Waals surface area (Å²) in [7, 11) is 0. The van der Waals surface area contributed by atoms with Gasteiger partial charge in [-0.05, 0) is 38.1 Å². The topological polar surface area (TPSA) is 58.4 Å². The van der Waals surface area contributed by atoms with Gasteiger partial charge in [0, 0.05) is 19.1 Å². The summed E-state index contributed by atoms with van der Waals surface area (Å²) in [6.07, 6.45) is 3.54. The number of hydrogen-bond donors (Lipinski definition) is 2. The molecule has 0 saturated carbocycles. The van der Waals surface area contributed by atoms with Crippen molar-refractivity contribution < 1.29 is 4.79 Å². The van der Waals surface area contributed by atoms with E-state index in [4.69, 9.17) is 5.73 Å². The lowest BCUT2D eigenvalue weighted by Gasteiger charge is -2.35. The Morgan fingerprint density at radius 2 is 2.10 bits per heavy atom. The third kappa shape index (κ3) is 5.98. The highest BCUT2D eigenvalue weighted by Gasteiger charge is 2.23. The Kier molecular flexibility index (Phi) is 9.43. The number of likely N-dealkylation sites (tertiary alicyclic amines) is 1. The molecule has 0 aliphatic carbocycles. The normalized spacial score (nSPS) is 24.4. The highest BCUT2D eigenvalue weighted by Crippen LogP contribution is 2.17. The molecule has 0 aromatic heterocycles. The van der Waals surface area contributed by atoms with Crippen molar-refractivity contribution in [2.45, 2.75) is 59.0 Å². The van der Waals surface area contributed by atoms with E-state index in [1.165, 1.54) is 12.8 Å². The van der Waals surface area contributed by atoms with Crippen LogP contribution in [0.2, 0.25) is 0 Å². The second-order valence-corrected chi connectivity index (χ2v) is 6.25. The van der Waals surface area contributed by atoms with Gasteiger partial charge < -0.3 is 11.1 Å². The van der Waals surface area contributed by atoms with Crippen molar-refractivity contribution in [3.05, 3.63) is 0 Å². The molecule has 5 heteroatoms. The number of piperidine rings is 1. The number of carbonyl (C=O) groups is 1. The fourth-order valence-corrected chi connectivity index (χ4v) is 2.63. The summed E-state index contributed by atoms with van der Waals surface area (Å²) in [6, 6.07) is 0.0216. The molecule has 1 aliphatic heterocycles. The van der Waals surface area contributed by atoms with Crippen LogP contribution in [0.1, 0.15) is 47.0 Å². The zero-order chi connectivity index (χ0) is 14.4. The lowest BCUT2D eigenvalue weighted by Crippen LogP contribution is -2.50. The molecule has 4 nitrogen and oxygen atoms in total. The molecule has 4 atom stereocenters. The van der Waals surface area contributed by atoms with Crippen molar-refractivity contribution in [3.63, 3.8) is 0 Å². The van der Waals surface area contributed by atoms with E-state index in [9.17, 15) is 4.79 Å². The largest absolute Gasteiger partial charge is 0.353 e. The van der Waals surface area contributed by atoms with E-state index in [-0.39, 0.29) is 30.3 Å². The van der Waals surface area contributed by atoms with E-state index < -0.39 is 0 Å². The summed E-state index contributed by atoms with van der Waals surface area (Å²) in [5.74, 6) is 1.01. The third-order valence-corrected chi connectivity index (χ3v) is 4.44. The molecule has 120 valence electrons. The summed E-state index contributed by atoms with van der Waals surface area (Å²) in [4.78, 5) is 14.4. The van der Waals surface area contributed by atoms with Crippen molar-refractivity contribution in [3.8, 4) is 0 Å². The number of halogens is 1. The van der Waals surface area contributed by atoms with Crippen LogP contribution in [0.25, 0.3) is 0 Å². The van der Waals surface area contributed by atoms with Crippen LogP contribution < -0.4 is 11.1 Å². The molecule has 0 spiro atoms. The molecule has 1 fully saturated rings. The van der Waals surface area contributed by atoms with Crippen LogP contribution in [-0.2, 0) is 4.79 Å². The Bertz CT molecular complexity index is 288. The van der Waals surface area contributed by atoms with Crippen molar-refractivity contribution in [1.82, 2.24) is 10.2 Å². The van der Waals surface area contributed by atoms with Gasteiger partial charge in [0.05, 0.1) is 6.04 Å². The minimum absolute atomic E-state index is 0. The van der Waals surface area contributed by atoms with E-state index in [1.54, 1.807) is 0 Å². The van der Waals surface area contributed by atoms with Gasteiger partial charge in [0.2, 0.25) is 5.91 Å².